The van der Waals surface area contributed by atoms with Gasteiger partial charge in [0.1, 0.15) is 6.04 Å². The number of imidazole rings is 1. The van der Waals surface area contributed by atoms with E-state index in [1.807, 2.05) is 0 Å². The van der Waals surface area contributed by atoms with E-state index >= 15 is 0 Å². The first-order valence-electron chi connectivity index (χ1n) is 13.4. The van der Waals surface area contributed by atoms with Crippen LogP contribution in [0.3, 0.4) is 0 Å². The summed E-state index contributed by atoms with van der Waals surface area (Å²) >= 11 is 0. The average molecular weight is 596 g/mol. The summed E-state index contributed by atoms with van der Waals surface area (Å²) in [5, 5.41) is 17.4. The number of nitrogens with zero attached hydrogens (tertiary/aromatic N) is 3. The summed E-state index contributed by atoms with van der Waals surface area (Å²) in [6, 6.07) is 6.81. The van der Waals surface area contributed by atoms with Crippen molar-refractivity contribution in [3.63, 3.8) is 0 Å². The molecule has 0 saturated heterocycles. The smallest absolute Gasteiger partial charge is 0.320 e. The molecule has 1 atom stereocenters. The number of aromatic nitrogens is 3. The number of aliphatic carboxylic acids is 1. The maximum atomic E-state index is 14.8. The van der Waals surface area contributed by atoms with E-state index in [2.05, 4.69) is 25.9 Å². The van der Waals surface area contributed by atoms with Gasteiger partial charge in [-0.1, -0.05) is 0 Å². The van der Waals surface area contributed by atoms with Crippen molar-refractivity contribution in [1.82, 2.24) is 25.0 Å². The molecule has 6 N–H and O–H groups in total. The minimum Gasteiger partial charge on any atom is -0.494 e. The molecule has 0 aliphatic heterocycles. The maximum absolute atomic E-state index is 14.8. The normalized spacial score (nSPS) is 11.7. The number of carbonyl (C=O) groups is 3. The van der Waals surface area contributed by atoms with Crippen LogP contribution >= 0.6 is 0 Å². The predicted molar refractivity (Wildman–Crippen MR) is 154 cm³/mol. The third-order valence-electron chi connectivity index (χ3n) is 6.67. The molecule has 0 bridgehead atoms. The molecule has 2 aromatic heterocycles. The van der Waals surface area contributed by atoms with Crippen LogP contribution in [0.4, 0.5) is 20.3 Å². The Morgan fingerprint density at radius 3 is 2.58 bits per heavy atom. The highest BCUT2D eigenvalue weighted by atomic mass is 19.2. The molecule has 4 rings (SSSR count). The quantitative estimate of drug-likeness (QED) is 0.146. The third-order valence-corrected chi connectivity index (χ3v) is 6.67. The number of hydrogen-bond acceptors (Lipinski definition) is 8. The van der Waals surface area contributed by atoms with Crippen LogP contribution in [-0.2, 0) is 9.59 Å². The first-order chi connectivity index (χ1) is 20.6. The third kappa shape index (κ3) is 7.22. The lowest BCUT2D eigenvalue weighted by atomic mass is 10.1. The Morgan fingerprint density at radius 1 is 1.09 bits per heavy atom. The number of halogens is 2. The number of hydrogen-bond donors (Lipinski definition) is 5. The molecule has 0 aliphatic rings. The van der Waals surface area contributed by atoms with Gasteiger partial charge in [-0.05, 0) is 55.7 Å². The van der Waals surface area contributed by atoms with Crippen molar-refractivity contribution in [2.45, 2.75) is 32.2 Å². The molecular weight excluding hydrogens is 564 g/mol. The van der Waals surface area contributed by atoms with Gasteiger partial charge in [0.25, 0.3) is 5.91 Å². The Labute approximate surface area is 245 Å². The van der Waals surface area contributed by atoms with Crippen LogP contribution in [0.15, 0.2) is 48.9 Å². The highest BCUT2D eigenvalue weighted by molar-refractivity contribution is 5.96. The van der Waals surface area contributed by atoms with Crippen LogP contribution in [0.2, 0.25) is 0 Å². The molecule has 14 heteroatoms. The Hall–Kier alpha value is -5.11. The van der Waals surface area contributed by atoms with Crippen molar-refractivity contribution >= 4 is 34.9 Å². The number of nitrogens with one attached hydrogen (secondary N) is 3. The molecule has 43 heavy (non-hydrogen) atoms. The van der Waals surface area contributed by atoms with Crippen LogP contribution in [0.1, 0.15) is 35.2 Å². The second-order valence-corrected chi connectivity index (χ2v) is 9.65. The van der Waals surface area contributed by atoms with Crippen LogP contribution in [-0.4, -0.2) is 63.5 Å². The summed E-state index contributed by atoms with van der Waals surface area (Å²) < 4.78 is 35.5. The van der Waals surface area contributed by atoms with Gasteiger partial charge in [-0.25, -0.2) is 14.4 Å². The van der Waals surface area contributed by atoms with Gasteiger partial charge in [0.15, 0.2) is 23.0 Å². The minimum atomic E-state index is -1.15. The molecule has 226 valence electrons. The van der Waals surface area contributed by atoms with Crippen LogP contribution < -0.4 is 26.4 Å². The lowest BCUT2D eigenvalue weighted by Crippen LogP contribution is -2.33. The number of nitrogens with two attached hydrogens (primary N) is 1. The van der Waals surface area contributed by atoms with E-state index < -0.39 is 23.6 Å². The number of carboxylic acid groups (broad SMARTS) is 1. The van der Waals surface area contributed by atoms with Crippen molar-refractivity contribution in [2.75, 3.05) is 25.5 Å². The molecule has 2 aromatic carbocycles. The van der Waals surface area contributed by atoms with Gasteiger partial charge >= 0.3 is 5.97 Å². The van der Waals surface area contributed by atoms with Gasteiger partial charge < -0.3 is 31.5 Å². The van der Waals surface area contributed by atoms with Crippen molar-refractivity contribution in [1.29, 1.82) is 0 Å². The summed E-state index contributed by atoms with van der Waals surface area (Å²) in [5.41, 5.74) is 7.88. The SMILES string of the molecule is COc1ccc(-c2cnc3c(Nc4ccc(C(=O)NCCCNC(=O)CCC(N)C(=O)O)c(C)c4)nccn23)c(F)c1F. The van der Waals surface area contributed by atoms with Gasteiger partial charge in [-0.15, -0.1) is 0 Å². The van der Waals surface area contributed by atoms with Crippen molar-refractivity contribution in [3.05, 3.63) is 71.7 Å². The Balaban J connectivity index is 1.35. The fourth-order valence-electron chi connectivity index (χ4n) is 4.34. The van der Waals surface area contributed by atoms with Crippen molar-refractivity contribution in [3.8, 4) is 17.0 Å². The van der Waals surface area contributed by atoms with E-state index in [1.54, 1.807) is 35.7 Å². The Morgan fingerprint density at radius 2 is 1.86 bits per heavy atom. The fraction of sp³-hybridized carbons (Fsp3) is 0.276. The largest absolute Gasteiger partial charge is 0.494 e. The summed E-state index contributed by atoms with van der Waals surface area (Å²) in [4.78, 5) is 43.9. The summed E-state index contributed by atoms with van der Waals surface area (Å²) in [5.74, 6) is -3.73. The molecule has 0 fully saturated rings. The molecule has 1 unspecified atom stereocenters. The minimum absolute atomic E-state index is 0.00632. The second-order valence-electron chi connectivity index (χ2n) is 9.65. The summed E-state index contributed by atoms with van der Waals surface area (Å²) in [7, 11) is 1.26. The average Bonchev–Trinajstić information content (AvgIpc) is 3.42. The summed E-state index contributed by atoms with van der Waals surface area (Å²) in [6.45, 7) is 2.42. The highest BCUT2D eigenvalue weighted by Gasteiger charge is 2.19. The number of aryl methyl sites for hydroxylation is 1. The zero-order chi connectivity index (χ0) is 31.1. The maximum Gasteiger partial charge on any atom is 0.320 e. The number of fused-ring (bicyclic) bond motifs is 1. The molecule has 4 aromatic rings. The molecule has 0 saturated carbocycles. The lowest BCUT2D eigenvalue weighted by Gasteiger charge is -2.12. The van der Waals surface area contributed by atoms with Gasteiger partial charge in [0, 0.05) is 48.7 Å². The van der Waals surface area contributed by atoms with Crippen LogP contribution in [0.25, 0.3) is 16.9 Å². The molecule has 0 aliphatic carbocycles. The van der Waals surface area contributed by atoms with Crippen molar-refractivity contribution < 1.29 is 33.0 Å². The number of rotatable bonds is 13. The number of carbonyl (C=O) groups excluding carboxylic acids is 2. The number of anilines is 2. The number of amides is 2. The fourth-order valence-corrected chi connectivity index (χ4v) is 4.34. The molecule has 2 amide bonds. The van der Waals surface area contributed by atoms with E-state index in [0.717, 1.165) is 0 Å². The predicted octanol–water partition coefficient (Wildman–Crippen LogP) is 3.16. The van der Waals surface area contributed by atoms with E-state index in [-0.39, 0.29) is 36.0 Å². The summed E-state index contributed by atoms with van der Waals surface area (Å²) in [6.07, 6.45) is 5.04. The number of ether oxygens (including phenoxy) is 1. The number of benzene rings is 2. The molecule has 0 spiro atoms. The van der Waals surface area contributed by atoms with Gasteiger partial charge in [-0.2, -0.15) is 4.39 Å². The second kappa shape index (κ2) is 13.7. The standard InChI is InChI=1S/C29H31F2N7O5/c1-16-14-17(4-5-18(16)28(40)35-11-3-10-33-23(39)9-7-20(32)29(41)42)37-26-27-36-15-21(38(27)13-12-34-26)19-6-8-22(43-2)25(31)24(19)30/h4-6,8,12-15,20H,3,7,9-11,32H2,1-2H3,(H,33,39)(H,34,37)(H,35,40)(H,41,42). The van der Waals surface area contributed by atoms with Gasteiger partial charge in [0.2, 0.25) is 11.7 Å². The van der Waals surface area contributed by atoms with Gasteiger partial charge in [0.05, 0.1) is 19.0 Å². The van der Waals surface area contributed by atoms with Crippen molar-refractivity contribution in [2.24, 2.45) is 5.73 Å². The van der Waals surface area contributed by atoms with E-state index in [0.29, 0.717) is 53.5 Å². The molecular formula is C29H31F2N7O5. The number of carboxylic acids is 1. The Bertz CT molecular complexity index is 1660. The van der Waals surface area contributed by atoms with E-state index in [1.165, 1.54) is 31.6 Å². The van der Waals surface area contributed by atoms with Gasteiger partial charge in [-0.3, -0.25) is 18.8 Å². The zero-order valence-electron chi connectivity index (χ0n) is 23.5. The zero-order valence-corrected chi connectivity index (χ0v) is 23.5. The van der Waals surface area contributed by atoms with Crippen LogP contribution in [0, 0.1) is 18.6 Å². The first kappa shape index (κ1) is 30.8. The Kier molecular flexibility index (Phi) is 9.83. The number of methoxy groups -OCH3 is 1. The lowest BCUT2D eigenvalue weighted by molar-refractivity contribution is -0.138. The topological polar surface area (TPSA) is 173 Å². The van der Waals surface area contributed by atoms with E-state index in [9.17, 15) is 23.2 Å². The van der Waals surface area contributed by atoms with Crippen LogP contribution in [0.5, 0.6) is 5.75 Å². The monoisotopic (exact) mass is 595 g/mol. The molecule has 12 nitrogen and oxygen atoms in total. The molecule has 0 radical (unpaired) electrons. The van der Waals surface area contributed by atoms with E-state index in [4.69, 9.17) is 15.6 Å². The first-order valence-corrected chi connectivity index (χ1v) is 13.4. The molecule has 2 heterocycles. The highest BCUT2D eigenvalue weighted by Crippen LogP contribution is 2.31.